The van der Waals surface area contributed by atoms with Crippen LogP contribution in [-0.4, -0.2) is 69.3 Å². The number of nitrogens with one attached hydrogen (secondary N) is 2. The van der Waals surface area contributed by atoms with Crippen molar-refractivity contribution < 1.29 is 43.3 Å². The maximum Gasteiger partial charge on any atom is 0.340 e. The van der Waals surface area contributed by atoms with Crippen LogP contribution in [0.4, 0.5) is 0 Å². The van der Waals surface area contributed by atoms with Crippen molar-refractivity contribution in [1.29, 1.82) is 0 Å². The van der Waals surface area contributed by atoms with Crippen molar-refractivity contribution in [1.82, 2.24) is 10.6 Å². The SMILES string of the molecule is CCCCCC[C@H]1C(=O)N[C@@]2([C@@H](O)[C@@H]3C=CCCC3)C(=O)O[C@@]12C.CCCCCC[C@H]1C(=O)N[C@@]2([C@@H](OC(C)=O)[C@@H]3C=CCCC3)C(=O)O[C@@]12C. The van der Waals surface area contributed by atoms with Gasteiger partial charge in [0.25, 0.3) is 0 Å². The van der Waals surface area contributed by atoms with Gasteiger partial charge in [-0.1, -0.05) is 89.5 Å². The fourth-order valence-electron chi connectivity index (χ4n) is 9.64. The summed E-state index contributed by atoms with van der Waals surface area (Å²) in [5.74, 6) is -2.72. The van der Waals surface area contributed by atoms with E-state index in [2.05, 4.69) is 30.6 Å². The largest absolute Gasteiger partial charge is 0.459 e. The number of carbonyl (C=O) groups is 5. The third-order valence-corrected chi connectivity index (χ3v) is 12.7. The molecule has 6 rings (SSSR count). The molecule has 6 aliphatic rings. The molecule has 11 nitrogen and oxygen atoms in total. The quantitative estimate of drug-likeness (QED) is 0.0861. The smallest absolute Gasteiger partial charge is 0.340 e. The van der Waals surface area contributed by atoms with Crippen molar-refractivity contribution in [3.63, 3.8) is 0 Å². The molecule has 3 N–H and O–H groups in total. The molecule has 2 aliphatic carbocycles. The van der Waals surface area contributed by atoms with E-state index in [0.717, 1.165) is 89.9 Å². The van der Waals surface area contributed by atoms with E-state index in [1.165, 1.54) is 6.92 Å². The number of hydrogen-bond donors (Lipinski definition) is 3. The van der Waals surface area contributed by atoms with Crippen molar-refractivity contribution in [2.75, 3.05) is 0 Å². The summed E-state index contributed by atoms with van der Waals surface area (Å²) in [7, 11) is 0. The molecule has 51 heavy (non-hydrogen) atoms. The van der Waals surface area contributed by atoms with E-state index >= 15 is 0 Å². The molecule has 0 spiro atoms. The summed E-state index contributed by atoms with van der Waals surface area (Å²) in [6, 6.07) is 0. The number of esters is 3. The van der Waals surface area contributed by atoms with Crippen molar-refractivity contribution in [3.05, 3.63) is 24.3 Å². The first-order valence-electron chi connectivity index (χ1n) is 19.6. The molecule has 0 unspecified atom stereocenters. The standard InChI is InChI=1S/C21H31NO5.C19H29NO4/c1-4-5-6-10-13-16-18(24)22-21(19(25)27-20(16,21)3)17(26-14(2)23)15-11-8-7-9-12-15;1-3-4-5-9-12-14-16(22)20-19(17(23)24-18(14,19)2)15(21)13-10-7-6-8-11-13/h8,11,15-17H,4-7,9-10,12-13H2,1-3H3,(H,22,24);7,10,13-15,21H,3-6,8-9,11-12H2,1-2H3,(H,20,22)/t15-,16+,17+,20+,21+;13-,14+,15+,18+,19+/m11/s1. The summed E-state index contributed by atoms with van der Waals surface area (Å²) in [4.78, 5) is 62.3. The summed E-state index contributed by atoms with van der Waals surface area (Å²) >= 11 is 0. The minimum Gasteiger partial charge on any atom is -0.459 e. The lowest BCUT2D eigenvalue weighted by molar-refractivity contribution is -0.242. The van der Waals surface area contributed by atoms with E-state index in [1.807, 2.05) is 32.1 Å². The molecule has 11 heteroatoms. The van der Waals surface area contributed by atoms with Gasteiger partial charge in [-0.2, -0.15) is 0 Å². The van der Waals surface area contributed by atoms with Crippen LogP contribution in [0.15, 0.2) is 24.3 Å². The Morgan fingerprint density at radius 3 is 1.69 bits per heavy atom. The number of aliphatic hydroxyl groups is 1. The molecule has 4 aliphatic heterocycles. The molecule has 10 atom stereocenters. The van der Waals surface area contributed by atoms with Gasteiger partial charge in [-0.05, 0) is 65.2 Å². The summed E-state index contributed by atoms with van der Waals surface area (Å²) < 4.78 is 16.8. The predicted octanol–water partition coefficient (Wildman–Crippen LogP) is 5.52. The number of fused-ring (bicyclic) bond motifs is 2. The molecule has 0 saturated carbocycles. The van der Waals surface area contributed by atoms with Gasteiger partial charge in [0.05, 0.1) is 17.9 Å². The Morgan fingerprint density at radius 1 is 0.784 bits per heavy atom. The summed E-state index contributed by atoms with van der Waals surface area (Å²) in [5, 5.41) is 16.7. The Morgan fingerprint density at radius 2 is 1.25 bits per heavy atom. The first-order valence-corrected chi connectivity index (χ1v) is 19.6. The van der Waals surface area contributed by atoms with Crippen LogP contribution in [0.5, 0.6) is 0 Å². The average molecular weight is 713 g/mol. The highest BCUT2D eigenvalue weighted by atomic mass is 16.6. The van der Waals surface area contributed by atoms with Gasteiger partial charge in [0.2, 0.25) is 22.9 Å². The van der Waals surface area contributed by atoms with Gasteiger partial charge in [-0.3, -0.25) is 14.4 Å². The number of allylic oxidation sites excluding steroid dienone is 2. The average Bonchev–Trinajstić information content (AvgIpc) is 3.40. The number of unbranched alkanes of at least 4 members (excludes halogenated alkanes) is 6. The first kappa shape index (κ1) is 39.0. The molecule has 0 aromatic carbocycles. The zero-order valence-electron chi connectivity index (χ0n) is 31.3. The second-order valence-corrected chi connectivity index (χ2v) is 15.9. The number of rotatable bonds is 15. The maximum atomic E-state index is 12.8. The summed E-state index contributed by atoms with van der Waals surface area (Å²) in [6.07, 6.45) is 21.9. The molecule has 0 radical (unpaired) electrons. The van der Waals surface area contributed by atoms with Gasteiger partial charge in [-0.15, -0.1) is 0 Å². The highest BCUT2D eigenvalue weighted by Gasteiger charge is 2.81. The highest BCUT2D eigenvalue weighted by Crippen LogP contribution is 2.55. The van der Waals surface area contributed by atoms with Crippen molar-refractivity contribution >= 4 is 29.7 Å². The number of carbonyl (C=O) groups excluding carboxylic acids is 5. The molecule has 0 bridgehead atoms. The molecule has 4 heterocycles. The molecule has 2 amide bonds. The van der Waals surface area contributed by atoms with Crippen LogP contribution < -0.4 is 10.6 Å². The van der Waals surface area contributed by atoms with E-state index in [4.69, 9.17) is 14.2 Å². The Kier molecular flexibility index (Phi) is 12.1. The minimum absolute atomic E-state index is 0.103. The molecular formula is C40H60N2O9. The molecule has 4 fully saturated rings. The van der Waals surface area contributed by atoms with Gasteiger partial charge in [0.1, 0.15) is 6.10 Å². The van der Waals surface area contributed by atoms with E-state index in [9.17, 15) is 29.1 Å². The molecule has 0 aromatic heterocycles. The van der Waals surface area contributed by atoms with Crippen molar-refractivity contribution in [2.24, 2.45) is 23.7 Å². The Balaban J connectivity index is 0.000000199. The second-order valence-electron chi connectivity index (χ2n) is 15.9. The van der Waals surface area contributed by atoms with Gasteiger partial charge in [-0.25, -0.2) is 9.59 Å². The van der Waals surface area contributed by atoms with Crippen LogP contribution in [0, 0.1) is 23.7 Å². The summed E-state index contributed by atoms with van der Waals surface area (Å²) in [5.41, 5.74) is -4.46. The zero-order chi connectivity index (χ0) is 37.0. The molecule has 4 saturated heterocycles. The first-order chi connectivity index (χ1) is 24.3. The Hall–Kier alpha value is -3.21. The van der Waals surface area contributed by atoms with Crippen LogP contribution in [0.1, 0.15) is 137 Å². The minimum atomic E-state index is -1.28. The van der Waals surface area contributed by atoms with E-state index in [0.29, 0.717) is 12.8 Å². The molecular weight excluding hydrogens is 652 g/mol. The molecule has 284 valence electrons. The van der Waals surface area contributed by atoms with Crippen LogP contribution >= 0.6 is 0 Å². The number of hydrogen-bond acceptors (Lipinski definition) is 9. The van der Waals surface area contributed by atoms with E-state index in [-0.39, 0.29) is 29.6 Å². The zero-order valence-corrected chi connectivity index (χ0v) is 31.3. The number of aliphatic hydroxyl groups excluding tert-OH is 1. The lowest BCUT2D eigenvalue weighted by atomic mass is 9.64. The van der Waals surface area contributed by atoms with Crippen LogP contribution in [0.25, 0.3) is 0 Å². The predicted molar refractivity (Wildman–Crippen MR) is 190 cm³/mol. The van der Waals surface area contributed by atoms with Crippen LogP contribution in [0.3, 0.4) is 0 Å². The fourth-order valence-corrected chi connectivity index (χ4v) is 9.64. The summed E-state index contributed by atoms with van der Waals surface area (Å²) in [6.45, 7) is 9.27. The van der Waals surface area contributed by atoms with Gasteiger partial charge in [0.15, 0.2) is 11.2 Å². The normalized spacial score (nSPS) is 37.2. The lowest BCUT2D eigenvalue weighted by Crippen LogP contribution is -2.80. The Bertz CT molecular complexity index is 1400. The van der Waals surface area contributed by atoms with Crippen molar-refractivity contribution in [3.8, 4) is 0 Å². The van der Waals surface area contributed by atoms with Gasteiger partial charge in [0, 0.05) is 18.8 Å². The molecule has 0 aromatic rings. The topological polar surface area (TPSA) is 157 Å². The maximum absolute atomic E-state index is 12.8. The monoisotopic (exact) mass is 712 g/mol. The van der Waals surface area contributed by atoms with E-state index in [1.54, 1.807) is 0 Å². The lowest BCUT2D eigenvalue weighted by Gasteiger charge is -2.55. The third-order valence-electron chi connectivity index (χ3n) is 12.7. The van der Waals surface area contributed by atoms with Gasteiger partial charge < -0.3 is 30.0 Å². The Labute approximate surface area is 303 Å². The highest BCUT2D eigenvalue weighted by molar-refractivity contribution is 6.03. The third kappa shape index (κ3) is 6.65. The van der Waals surface area contributed by atoms with Crippen LogP contribution in [0.2, 0.25) is 0 Å². The second kappa shape index (κ2) is 15.8. The van der Waals surface area contributed by atoms with E-state index < -0.39 is 58.3 Å². The van der Waals surface area contributed by atoms with Crippen LogP contribution in [-0.2, 0) is 38.2 Å². The van der Waals surface area contributed by atoms with Gasteiger partial charge >= 0.3 is 17.9 Å². The number of amides is 2. The van der Waals surface area contributed by atoms with Crippen molar-refractivity contribution in [2.45, 2.75) is 172 Å². The fraction of sp³-hybridized carbons (Fsp3) is 0.775. The number of ether oxygens (including phenoxy) is 3.